The Bertz CT molecular complexity index is 423. The summed E-state index contributed by atoms with van der Waals surface area (Å²) in [5.41, 5.74) is 0.739. The average molecular weight is 330 g/mol. The molecule has 1 aromatic carbocycles. The van der Waals surface area contributed by atoms with Gasteiger partial charge in [0.15, 0.2) is 0 Å². The van der Waals surface area contributed by atoms with Gasteiger partial charge in [0.1, 0.15) is 5.82 Å². The van der Waals surface area contributed by atoms with Crippen molar-refractivity contribution in [3.63, 3.8) is 0 Å². The highest BCUT2D eigenvalue weighted by Gasteiger charge is 2.36. The molecule has 1 fully saturated rings. The summed E-state index contributed by atoms with van der Waals surface area (Å²) in [6.07, 6.45) is 3.29. The van der Waals surface area contributed by atoms with Crippen LogP contribution in [-0.2, 0) is 11.2 Å². The van der Waals surface area contributed by atoms with Crippen LogP contribution in [0.5, 0.6) is 0 Å². The smallest absolute Gasteiger partial charge is 0.126 e. The lowest BCUT2D eigenvalue weighted by Gasteiger charge is -2.27. The second-order valence-electron chi connectivity index (χ2n) is 5.14. The Morgan fingerprint density at radius 3 is 2.79 bits per heavy atom. The summed E-state index contributed by atoms with van der Waals surface area (Å²) in [6, 6.07) is 5.28. The molecule has 1 saturated carbocycles. The summed E-state index contributed by atoms with van der Waals surface area (Å²) in [5.74, 6) is 0.487. The molecule has 0 radical (unpaired) electrons. The highest BCUT2D eigenvalue weighted by molar-refractivity contribution is 9.10. The number of ether oxygens (including phenoxy) is 1. The van der Waals surface area contributed by atoms with Gasteiger partial charge in [0.05, 0.1) is 6.10 Å². The van der Waals surface area contributed by atoms with Gasteiger partial charge in [-0.15, -0.1) is 0 Å². The van der Waals surface area contributed by atoms with Gasteiger partial charge < -0.3 is 10.1 Å². The number of nitrogens with one attached hydrogen (secondary N) is 1. The third kappa shape index (κ3) is 4.01. The third-order valence-electron chi connectivity index (χ3n) is 3.67. The highest BCUT2D eigenvalue weighted by atomic mass is 79.9. The van der Waals surface area contributed by atoms with Crippen molar-refractivity contribution in [1.29, 1.82) is 0 Å². The Balaban J connectivity index is 2.12. The van der Waals surface area contributed by atoms with Gasteiger partial charge in [0, 0.05) is 17.6 Å². The van der Waals surface area contributed by atoms with E-state index in [9.17, 15) is 4.39 Å². The maximum absolute atomic E-state index is 13.9. The molecule has 0 aromatic heterocycles. The van der Waals surface area contributed by atoms with E-state index < -0.39 is 0 Å². The number of benzene rings is 1. The zero-order chi connectivity index (χ0) is 13.8. The van der Waals surface area contributed by atoms with Crippen molar-refractivity contribution in [2.45, 2.75) is 38.3 Å². The average Bonchev–Trinajstić information content (AvgIpc) is 3.19. The Labute approximate surface area is 122 Å². The molecule has 106 valence electrons. The normalized spacial score (nSPS) is 18.3. The number of rotatable bonds is 7. The predicted molar refractivity (Wildman–Crippen MR) is 78.8 cm³/mol. The van der Waals surface area contributed by atoms with Crippen LogP contribution >= 0.6 is 15.9 Å². The number of halogens is 2. The fraction of sp³-hybridized carbons (Fsp3) is 0.600. The lowest BCUT2D eigenvalue weighted by atomic mass is 9.97. The molecule has 0 saturated heterocycles. The first kappa shape index (κ1) is 14.9. The molecule has 2 atom stereocenters. The minimum atomic E-state index is -0.142. The van der Waals surface area contributed by atoms with E-state index in [0.29, 0.717) is 12.3 Å². The minimum absolute atomic E-state index is 0.142. The maximum atomic E-state index is 13.9. The summed E-state index contributed by atoms with van der Waals surface area (Å²) in [7, 11) is 1.75. The number of hydrogen-bond donors (Lipinski definition) is 1. The maximum Gasteiger partial charge on any atom is 0.126 e. The van der Waals surface area contributed by atoms with E-state index in [1.165, 1.54) is 18.9 Å². The molecule has 19 heavy (non-hydrogen) atoms. The van der Waals surface area contributed by atoms with E-state index in [4.69, 9.17) is 4.74 Å². The SMILES string of the molecule is CCNC(Cc1cc(Br)ccc1F)C(OC)C1CC1. The molecule has 1 aliphatic rings. The van der Waals surface area contributed by atoms with Crippen LogP contribution in [0.15, 0.2) is 22.7 Å². The van der Waals surface area contributed by atoms with E-state index in [0.717, 1.165) is 16.6 Å². The van der Waals surface area contributed by atoms with Gasteiger partial charge in [-0.25, -0.2) is 4.39 Å². The van der Waals surface area contributed by atoms with Gasteiger partial charge >= 0.3 is 0 Å². The first-order valence-electron chi connectivity index (χ1n) is 6.85. The first-order chi connectivity index (χ1) is 9.15. The second-order valence-corrected chi connectivity index (χ2v) is 6.06. The van der Waals surface area contributed by atoms with E-state index >= 15 is 0 Å². The summed E-state index contributed by atoms with van der Waals surface area (Å²) in [6.45, 7) is 2.94. The molecule has 0 spiro atoms. The van der Waals surface area contributed by atoms with Crippen LogP contribution in [0, 0.1) is 11.7 Å². The highest BCUT2D eigenvalue weighted by Crippen LogP contribution is 2.36. The molecular formula is C15H21BrFNO. The van der Waals surface area contributed by atoms with Gasteiger partial charge in [-0.3, -0.25) is 0 Å². The molecule has 0 bridgehead atoms. The molecule has 2 nitrogen and oxygen atoms in total. The van der Waals surface area contributed by atoms with E-state index in [1.807, 2.05) is 6.07 Å². The van der Waals surface area contributed by atoms with Crippen LogP contribution in [0.4, 0.5) is 4.39 Å². The number of methoxy groups -OCH3 is 1. The van der Waals surface area contributed by atoms with Crippen molar-refractivity contribution >= 4 is 15.9 Å². The van der Waals surface area contributed by atoms with Crippen LogP contribution in [0.1, 0.15) is 25.3 Å². The second kappa shape index (κ2) is 6.82. The summed E-state index contributed by atoms with van der Waals surface area (Å²) >= 11 is 3.40. The van der Waals surface area contributed by atoms with E-state index in [-0.39, 0.29) is 18.0 Å². The predicted octanol–water partition coefficient (Wildman–Crippen LogP) is 3.53. The molecule has 2 rings (SSSR count). The standard InChI is InChI=1S/C15H21BrFNO/c1-3-18-14(15(19-2)10-4-5-10)9-11-8-12(16)6-7-13(11)17/h6-8,10,14-15,18H,3-5,9H2,1-2H3. The topological polar surface area (TPSA) is 21.3 Å². The van der Waals surface area contributed by atoms with Crippen molar-refractivity contribution in [3.05, 3.63) is 34.1 Å². The molecule has 4 heteroatoms. The fourth-order valence-corrected chi connectivity index (χ4v) is 3.02. The Kier molecular flexibility index (Phi) is 5.37. The van der Waals surface area contributed by atoms with E-state index in [1.54, 1.807) is 13.2 Å². The molecule has 0 aliphatic heterocycles. The minimum Gasteiger partial charge on any atom is -0.380 e. The van der Waals surface area contributed by atoms with Crippen molar-refractivity contribution in [3.8, 4) is 0 Å². The largest absolute Gasteiger partial charge is 0.380 e. The van der Waals surface area contributed by atoms with Gasteiger partial charge in [0.2, 0.25) is 0 Å². The summed E-state index contributed by atoms with van der Waals surface area (Å²) < 4.78 is 20.4. The van der Waals surface area contributed by atoms with Gasteiger partial charge in [-0.2, -0.15) is 0 Å². The zero-order valence-corrected chi connectivity index (χ0v) is 13.0. The Morgan fingerprint density at radius 1 is 1.47 bits per heavy atom. The van der Waals surface area contributed by atoms with E-state index in [2.05, 4.69) is 28.2 Å². The number of hydrogen-bond acceptors (Lipinski definition) is 2. The van der Waals surface area contributed by atoms with Crippen molar-refractivity contribution in [1.82, 2.24) is 5.32 Å². The molecule has 2 unspecified atom stereocenters. The first-order valence-corrected chi connectivity index (χ1v) is 7.65. The van der Waals surface area contributed by atoms with Crippen molar-refractivity contribution in [2.75, 3.05) is 13.7 Å². The number of likely N-dealkylation sites (N-methyl/N-ethyl adjacent to an activating group) is 1. The molecule has 0 heterocycles. The van der Waals surface area contributed by atoms with Gasteiger partial charge in [0.25, 0.3) is 0 Å². The lowest BCUT2D eigenvalue weighted by molar-refractivity contribution is 0.0513. The van der Waals surface area contributed by atoms with Crippen LogP contribution in [-0.4, -0.2) is 25.8 Å². The fourth-order valence-electron chi connectivity index (χ4n) is 2.61. The van der Waals surface area contributed by atoms with Crippen molar-refractivity contribution in [2.24, 2.45) is 5.92 Å². The van der Waals surface area contributed by atoms with Crippen LogP contribution in [0.2, 0.25) is 0 Å². The summed E-state index contributed by atoms with van der Waals surface area (Å²) in [5, 5.41) is 3.44. The molecule has 1 N–H and O–H groups in total. The summed E-state index contributed by atoms with van der Waals surface area (Å²) in [4.78, 5) is 0. The zero-order valence-electron chi connectivity index (χ0n) is 11.5. The molecular weight excluding hydrogens is 309 g/mol. The van der Waals surface area contributed by atoms with Crippen LogP contribution < -0.4 is 5.32 Å². The van der Waals surface area contributed by atoms with Crippen LogP contribution in [0.25, 0.3) is 0 Å². The Morgan fingerprint density at radius 2 is 2.21 bits per heavy atom. The lowest BCUT2D eigenvalue weighted by Crippen LogP contribution is -2.44. The molecule has 1 aromatic rings. The quantitative estimate of drug-likeness (QED) is 0.826. The molecule has 0 amide bonds. The monoisotopic (exact) mass is 329 g/mol. The third-order valence-corrected chi connectivity index (χ3v) is 4.16. The van der Waals surface area contributed by atoms with Crippen LogP contribution in [0.3, 0.4) is 0 Å². The van der Waals surface area contributed by atoms with Crippen molar-refractivity contribution < 1.29 is 9.13 Å². The Hall–Kier alpha value is -0.450. The molecule has 1 aliphatic carbocycles. The van der Waals surface area contributed by atoms with Gasteiger partial charge in [-0.1, -0.05) is 22.9 Å². The van der Waals surface area contributed by atoms with Gasteiger partial charge in [-0.05, 0) is 55.5 Å².